The topological polar surface area (TPSA) is 44.8 Å². The Morgan fingerprint density at radius 1 is 1.11 bits per heavy atom. The van der Waals surface area contributed by atoms with Crippen molar-refractivity contribution >= 4 is 5.97 Å². The number of fused-ring (bicyclic) bond motifs is 3. The highest BCUT2D eigenvalue weighted by atomic mass is 16.5. The summed E-state index contributed by atoms with van der Waals surface area (Å²) in [5.41, 5.74) is 3.68. The van der Waals surface area contributed by atoms with E-state index in [0.717, 1.165) is 25.0 Å². The van der Waals surface area contributed by atoms with Crippen LogP contribution in [0.1, 0.15) is 72.1 Å². The van der Waals surface area contributed by atoms with Gasteiger partial charge in [-0.2, -0.15) is 0 Å². The lowest BCUT2D eigenvalue weighted by atomic mass is 9.64. The number of hydrogen-bond acceptors (Lipinski definition) is 4. The van der Waals surface area contributed by atoms with Crippen LogP contribution in [-0.4, -0.2) is 24.8 Å². The fourth-order valence-electron chi connectivity index (χ4n) is 7.15. The predicted molar refractivity (Wildman–Crippen MR) is 106 cm³/mol. The van der Waals surface area contributed by atoms with E-state index in [-0.39, 0.29) is 11.4 Å². The second-order valence-corrected chi connectivity index (χ2v) is 8.97. The molecule has 0 spiro atoms. The second kappa shape index (κ2) is 6.48. The van der Waals surface area contributed by atoms with E-state index in [4.69, 9.17) is 14.2 Å². The van der Waals surface area contributed by atoms with Gasteiger partial charge in [-0.1, -0.05) is 24.8 Å². The van der Waals surface area contributed by atoms with E-state index < -0.39 is 5.60 Å². The molecule has 0 unspecified atom stereocenters. The van der Waals surface area contributed by atoms with Crippen LogP contribution in [0.5, 0.6) is 0 Å². The van der Waals surface area contributed by atoms with Crippen molar-refractivity contribution in [2.75, 3.05) is 13.2 Å². The van der Waals surface area contributed by atoms with Crippen LogP contribution >= 0.6 is 0 Å². The number of hydrogen-bond donors (Lipinski definition) is 0. The van der Waals surface area contributed by atoms with E-state index in [0.29, 0.717) is 25.0 Å². The third-order valence-electron chi connectivity index (χ3n) is 7.73. The number of allylic oxidation sites excluding steroid dienone is 2. The maximum Gasteiger partial charge on any atom is 0.307 e. The lowest BCUT2D eigenvalue weighted by Gasteiger charge is -2.41. The molecule has 5 aliphatic carbocycles. The van der Waals surface area contributed by atoms with Crippen molar-refractivity contribution < 1.29 is 19.0 Å². The van der Waals surface area contributed by atoms with Crippen molar-refractivity contribution in [2.45, 2.75) is 77.7 Å². The molecular weight excluding hydrogens is 352 g/mol. The van der Waals surface area contributed by atoms with Crippen LogP contribution in [0.25, 0.3) is 0 Å². The highest BCUT2D eigenvalue weighted by molar-refractivity contribution is 5.73. The van der Waals surface area contributed by atoms with Gasteiger partial charge in [0.1, 0.15) is 17.1 Å². The fraction of sp³-hybridized carbons (Fsp3) is 0.708. The molecule has 28 heavy (non-hydrogen) atoms. The summed E-state index contributed by atoms with van der Waals surface area (Å²) in [6, 6.07) is 0. The Hall–Kier alpha value is -1.55. The van der Waals surface area contributed by atoms with Crippen LogP contribution in [0.2, 0.25) is 0 Å². The normalized spacial score (nSPS) is 38.2. The molecule has 0 aliphatic heterocycles. The average Bonchev–Trinajstić information content (AvgIpc) is 3.24. The van der Waals surface area contributed by atoms with Gasteiger partial charge in [0, 0.05) is 30.9 Å². The first kappa shape index (κ1) is 18.5. The molecular formula is C24H32O4. The zero-order valence-electron chi connectivity index (χ0n) is 17.4. The molecule has 5 aliphatic rings. The van der Waals surface area contributed by atoms with Crippen molar-refractivity contribution in [1.29, 1.82) is 0 Å². The van der Waals surface area contributed by atoms with Gasteiger partial charge < -0.3 is 14.2 Å². The number of carbonyl (C=O) groups is 1. The maximum absolute atomic E-state index is 12.0. The minimum absolute atomic E-state index is 0.182. The SMILES string of the molecule is CCOC1=C2C(=C3CCCC[C@H]31)[C@]13CCCC[C@H]1[C@@]2(OCC)C=C3OC(C)=O. The van der Waals surface area contributed by atoms with Gasteiger partial charge in [0.25, 0.3) is 0 Å². The highest BCUT2D eigenvalue weighted by Crippen LogP contribution is 2.75. The van der Waals surface area contributed by atoms with Crippen LogP contribution in [0.3, 0.4) is 0 Å². The minimum Gasteiger partial charge on any atom is -0.497 e. The van der Waals surface area contributed by atoms with Gasteiger partial charge in [-0.25, -0.2) is 0 Å². The van der Waals surface area contributed by atoms with Crippen molar-refractivity contribution in [1.82, 2.24) is 0 Å². The van der Waals surface area contributed by atoms with Crippen LogP contribution < -0.4 is 0 Å². The third kappa shape index (κ3) is 2.13. The molecule has 0 heterocycles. The Bertz CT molecular complexity index is 803. The zero-order chi connectivity index (χ0) is 19.5. The summed E-state index contributed by atoms with van der Waals surface area (Å²) in [7, 11) is 0. The molecule has 0 amide bonds. The average molecular weight is 385 g/mol. The molecule has 0 N–H and O–H groups in total. The van der Waals surface area contributed by atoms with E-state index >= 15 is 0 Å². The van der Waals surface area contributed by atoms with E-state index in [2.05, 4.69) is 19.9 Å². The number of esters is 1. The molecule has 4 nitrogen and oxygen atoms in total. The van der Waals surface area contributed by atoms with Gasteiger partial charge in [-0.3, -0.25) is 4.79 Å². The summed E-state index contributed by atoms with van der Waals surface area (Å²) >= 11 is 0. The van der Waals surface area contributed by atoms with Crippen molar-refractivity contribution in [3.63, 3.8) is 0 Å². The summed E-state index contributed by atoms with van der Waals surface area (Å²) in [5, 5.41) is 0. The van der Waals surface area contributed by atoms with Gasteiger partial charge in [0.2, 0.25) is 0 Å². The van der Waals surface area contributed by atoms with Crippen LogP contribution in [-0.2, 0) is 19.0 Å². The second-order valence-electron chi connectivity index (χ2n) is 8.97. The lowest BCUT2D eigenvalue weighted by molar-refractivity contribution is -0.138. The molecule has 5 rings (SSSR count). The summed E-state index contributed by atoms with van der Waals surface area (Å²) in [6.45, 7) is 7.01. The molecule has 152 valence electrons. The first-order chi connectivity index (χ1) is 13.6. The van der Waals surface area contributed by atoms with Crippen molar-refractivity contribution in [2.24, 2.45) is 17.3 Å². The van der Waals surface area contributed by atoms with Crippen molar-refractivity contribution in [3.8, 4) is 0 Å². The summed E-state index contributed by atoms with van der Waals surface area (Å²) in [6.07, 6.45) is 11.6. The maximum atomic E-state index is 12.0. The highest BCUT2D eigenvalue weighted by Gasteiger charge is 2.73. The fourth-order valence-corrected chi connectivity index (χ4v) is 7.15. The smallest absolute Gasteiger partial charge is 0.307 e. The summed E-state index contributed by atoms with van der Waals surface area (Å²) in [4.78, 5) is 12.0. The Balaban J connectivity index is 1.79. The van der Waals surface area contributed by atoms with Gasteiger partial charge in [-0.15, -0.1) is 0 Å². The van der Waals surface area contributed by atoms with Crippen molar-refractivity contribution in [3.05, 3.63) is 34.3 Å². The Labute approximate surface area is 168 Å². The zero-order valence-corrected chi connectivity index (χ0v) is 17.4. The Morgan fingerprint density at radius 2 is 1.93 bits per heavy atom. The summed E-state index contributed by atoms with van der Waals surface area (Å²) in [5.74, 6) is 2.56. The molecule has 2 bridgehead atoms. The van der Waals surface area contributed by atoms with Crippen LogP contribution in [0.15, 0.2) is 34.3 Å². The van der Waals surface area contributed by atoms with Gasteiger partial charge in [0.15, 0.2) is 0 Å². The van der Waals surface area contributed by atoms with Crippen LogP contribution in [0, 0.1) is 17.3 Å². The standard InChI is InChI=1S/C24H32O4/c1-4-26-22-17-11-7-6-10-16(17)20-21(22)24(27-5-2)14-19(28-15(3)25)23(20)13-9-8-12-18(23)24/h14,17-18H,4-13H2,1-3H3/t17-,18-,23-,24+/m1/s1. The third-order valence-corrected chi connectivity index (χ3v) is 7.73. The largest absolute Gasteiger partial charge is 0.497 e. The Morgan fingerprint density at radius 3 is 2.68 bits per heavy atom. The first-order valence-electron chi connectivity index (χ1n) is 11.3. The first-order valence-corrected chi connectivity index (χ1v) is 11.3. The van der Waals surface area contributed by atoms with E-state index in [1.54, 1.807) is 5.57 Å². The minimum atomic E-state index is -0.482. The number of carbonyl (C=O) groups excluding carboxylic acids is 1. The molecule has 0 aromatic rings. The number of rotatable bonds is 5. The molecule has 4 heteroatoms. The molecule has 0 saturated heterocycles. The molecule has 0 radical (unpaired) electrons. The van der Waals surface area contributed by atoms with E-state index in [1.807, 2.05) is 0 Å². The quantitative estimate of drug-likeness (QED) is 0.611. The predicted octanol–water partition coefficient (Wildman–Crippen LogP) is 5.20. The Kier molecular flexibility index (Phi) is 4.28. The molecule has 0 aromatic heterocycles. The molecule has 0 aromatic carbocycles. The van der Waals surface area contributed by atoms with Gasteiger partial charge >= 0.3 is 5.97 Å². The number of ether oxygens (including phenoxy) is 3. The van der Waals surface area contributed by atoms with Crippen LogP contribution in [0.4, 0.5) is 0 Å². The van der Waals surface area contributed by atoms with E-state index in [9.17, 15) is 4.79 Å². The lowest BCUT2D eigenvalue weighted by Crippen LogP contribution is -2.40. The van der Waals surface area contributed by atoms with E-state index in [1.165, 1.54) is 55.9 Å². The monoisotopic (exact) mass is 384 g/mol. The molecule has 4 atom stereocenters. The van der Waals surface area contributed by atoms with Gasteiger partial charge in [-0.05, 0) is 57.6 Å². The summed E-state index contributed by atoms with van der Waals surface area (Å²) < 4.78 is 18.9. The van der Waals surface area contributed by atoms with Gasteiger partial charge in [0.05, 0.1) is 12.0 Å². The molecule has 3 fully saturated rings. The molecule has 3 saturated carbocycles.